The summed E-state index contributed by atoms with van der Waals surface area (Å²) in [6, 6.07) is -1.08. The minimum atomic E-state index is -2.49. The normalized spacial score (nSPS) is 38.2. The Morgan fingerprint density at radius 3 is 2.48 bits per heavy atom. The second-order valence-corrected chi connectivity index (χ2v) is 5.79. The molecule has 0 saturated carbocycles. The van der Waals surface area contributed by atoms with Crippen LogP contribution in [0.25, 0.3) is 0 Å². The molecule has 1 aliphatic rings. The van der Waals surface area contributed by atoms with Crippen LogP contribution in [0.4, 0.5) is 0 Å². The number of aliphatic hydroxyl groups is 5. The summed E-state index contributed by atoms with van der Waals surface area (Å²) < 4.78 is 4.94. The summed E-state index contributed by atoms with van der Waals surface area (Å²) in [4.78, 5) is 11.1. The highest BCUT2D eigenvalue weighted by molar-refractivity contribution is 7.98. The van der Waals surface area contributed by atoms with Gasteiger partial charge in [-0.15, -0.1) is 0 Å². The molecule has 0 aromatic carbocycles. The third-order valence-electron chi connectivity index (χ3n) is 3.28. The highest BCUT2D eigenvalue weighted by Crippen LogP contribution is 2.27. The van der Waals surface area contributed by atoms with Gasteiger partial charge in [-0.25, -0.2) is 0 Å². The molecule has 0 bridgehead atoms. The number of nitrogens with one attached hydrogen (secondary N) is 1. The van der Waals surface area contributed by atoms with Crippen molar-refractivity contribution in [1.29, 1.82) is 0 Å². The van der Waals surface area contributed by atoms with E-state index in [1.165, 1.54) is 11.8 Å². The number of rotatable bonds is 7. The highest BCUT2D eigenvalue weighted by atomic mass is 32.2. The van der Waals surface area contributed by atoms with Gasteiger partial charge in [-0.2, -0.15) is 11.8 Å². The molecule has 6 atom stereocenters. The van der Waals surface area contributed by atoms with Crippen molar-refractivity contribution in [3.63, 3.8) is 0 Å². The third-order valence-corrected chi connectivity index (χ3v) is 3.92. The topological polar surface area (TPSA) is 160 Å². The Morgan fingerprint density at radius 1 is 1.38 bits per heavy atom. The number of ether oxygens (including phenoxy) is 1. The molecule has 2 unspecified atom stereocenters. The van der Waals surface area contributed by atoms with Crippen LogP contribution in [0.5, 0.6) is 0 Å². The van der Waals surface area contributed by atoms with Gasteiger partial charge in [0.2, 0.25) is 5.79 Å². The van der Waals surface area contributed by atoms with Crippen LogP contribution in [0.15, 0.2) is 0 Å². The van der Waals surface area contributed by atoms with Gasteiger partial charge >= 0.3 is 5.97 Å². The Balaban J connectivity index is 2.82. The number of thioether (sulfide) groups is 1. The third kappa shape index (κ3) is 4.27. The molecule has 0 radical (unpaired) electrons. The molecule has 21 heavy (non-hydrogen) atoms. The first-order valence-corrected chi connectivity index (χ1v) is 7.69. The zero-order chi connectivity index (χ0) is 16.2. The van der Waals surface area contributed by atoms with Gasteiger partial charge in [0.05, 0.1) is 6.61 Å². The average Bonchev–Trinajstić information content (AvgIpc) is 2.46. The molecule has 10 heteroatoms. The number of carboxylic acids is 1. The second kappa shape index (κ2) is 7.70. The minimum absolute atomic E-state index is 0.222. The first-order valence-electron chi connectivity index (χ1n) is 6.30. The van der Waals surface area contributed by atoms with Crippen molar-refractivity contribution in [2.45, 2.75) is 42.8 Å². The van der Waals surface area contributed by atoms with Crippen LogP contribution in [0.3, 0.4) is 0 Å². The fourth-order valence-electron chi connectivity index (χ4n) is 1.97. The number of hydrogen-bond acceptors (Lipinski definition) is 9. The standard InChI is InChI=1S/C11H21NO8S/c1-21-3-2-5(10(17)18)12-9-7(15)6(14)8(16)11(19,4-13)20-9/h5-9,12-16,19H,2-4H2,1H3,(H,17,18)/t5?,6-,7+,8+,9?,11+/m1/s1. The van der Waals surface area contributed by atoms with Gasteiger partial charge in [0.25, 0.3) is 0 Å². The molecule has 1 rings (SSSR count). The average molecular weight is 327 g/mol. The molecule has 0 amide bonds. The van der Waals surface area contributed by atoms with Gasteiger partial charge in [-0.1, -0.05) is 0 Å². The number of aliphatic carboxylic acids is 1. The number of carboxylic acid groups (broad SMARTS) is 1. The molecule has 1 saturated heterocycles. The first-order chi connectivity index (χ1) is 9.76. The van der Waals surface area contributed by atoms with Crippen LogP contribution >= 0.6 is 11.8 Å². The van der Waals surface area contributed by atoms with Crippen LogP contribution in [0.1, 0.15) is 6.42 Å². The van der Waals surface area contributed by atoms with E-state index in [4.69, 9.17) is 14.9 Å². The van der Waals surface area contributed by atoms with E-state index in [9.17, 15) is 25.2 Å². The second-order valence-electron chi connectivity index (χ2n) is 4.81. The van der Waals surface area contributed by atoms with Crippen molar-refractivity contribution in [1.82, 2.24) is 5.32 Å². The summed E-state index contributed by atoms with van der Waals surface area (Å²) >= 11 is 1.43. The SMILES string of the molecule is CSCCC(NC1O[C@@](O)(CO)[C@@H](O)[C@H](O)[C@@H]1O)C(=O)O. The van der Waals surface area contributed by atoms with Crippen LogP contribution in [0, 0.1) is 0 Å². The maximum atomic E-state index is 11.1. The number of hydrogen-bond donors (Lipinski definition) is 7. The number of aliphatic hydroxyl groups excluding tert-OH is 4. The van der Waals surface area contributed by atoms with E-state index in [0.29, 0.717) is 5.75 Å². The summed E-state index contributed by atoms with van der Waals surface area (Å²) in [6.07, 6.45) is -4.82. The molecule has 7 N–H and O–H groups in total. The minimum Gasteiger partial charge on any atom is -0.480 e. The predicted octanol–water partition coefficient (Wildman–Crippen LogP) is -3.10. The van der Waals surface area contributed by atoms with Crippen molar-refractivity contribution in [3.05, 3.63) is 0 Å². The van der Waals surface area contributed by atoms with Gasteiger partial charge in [0, 0.05) is 0 Å². The zero-order valence-corrected chi connectivity index (χ0v) is 12.2. The lowest BCUT2D eigenvalue weighted by atomic mass is 9.95. The van der Waals surface area contributed by atoms with Crippen molar-refractivity contribution < 1.29 is 40.2 Å². The number of carbonyl (C=O) groups is 1. The largest absolute Gasteiger partial charge is 0.480 e. The van der Waals surface area contributed by atoms with Crippen LogP contribution < -0.4 is 5.32 Å². The van der Waals surface area contributed by atoms with Gasteiger partial charge in [0.1, 0.15) is 30.6 Å². The molecular formula is C11H21NO8S. The Labute approximate surface area is 125 Å². The van der Waals surface area contributed by atoms with E-state index >= 15 is 0 Å². The summed E-state index contributed by atoms with van der Waals surface area (Å²) in [5, 5.41) is 59.5. The van der Waals surface area contributed by atoms with Gasteiger partial charge in [-0.05, 0) is 18.4 Å². The lowest BCUT2D eigenvalue weighted by molar-refractivity contribution is -0.360. The summed E-state index contributed by atoms with van der Waals surface area (Å²) in [5.41, 5.74) is 0. The lowest BCUT2D eigenvalue weighted by Crippen LogP contribution is -2.69. The van der Waals surface area contributed by atoms with E-state index in [1.54, 1.807) is 6.26 Å². The lowest BCUT2D eigenvalue weighted by Gasteiger charge is -2.45. The Hall–Kier alpha value is -0.460. The van der Waals surface area contributed by atoms with Gasteiger partial charge in [0.15, 0.2) is 0 Å². The molecular weight excluding hydrogens is 306 g/mol. The van der Waals surface area contributed by atoms with E-state index in [2.05, 4.69) is 5.32 Å². The summed E-state index contributed by atoms with van der Waals surface area (Å²) in [5.74, 6) is -3.14. The van der Waals surface area contributed by atoms with Crippen molar-refractivity contribution in [2.24, 2.45) is 0 Å². The van der Waals surface area contributed by atoms with Crippen LogP contribution in [-0.4, -0.2) is 91.6 Å². The maximum absolute atomic E-state index is 11.1. The molecule has 1 heterocycles. The molecule has 9 nitrogen and oxygen atoms in total. The molecule has 1 fully saturated rings. The van der Waals surface area contributed by atoms with E-state index in [1.807, 2.05) is 0 Å². The molecule has 0 aliphatic carbocycles. The Bertz CT molecular complexity index is 359. The van der Waals surface area contributed by atoms with Crippen LogP contribution in [-0.2, 0) is 9.53 Å². The molecule has 0 aromatic rings. The monoisotopic (exact) mass is 327 g/mol. The van der Waals surface area contributed by atoms with Gasteiger partial charge < -0.3 is 35.4 Å². The summed E-state index contributed by atoms with van der Waals surface area (Å²) in [7, 11) is 0. The fraction of sp³-hybridized carbons (Fsp3) is 0.909. The quantitative estimate of drug-likeness (QED) is 0.255. The fourth-order valence-corrected chi connectivity index (χ4v) is 2.44. The molecule has 124 valence electrons. The van der Waals surface area contributed by atoms with Crippen LogP contribution in [0.2, 0.25) is 0 Å². The zero-order valence-electron chi connectivity index (χ0n) is 11.4. The predicted molar refractivity (Wildman–Crippen MR) is 72.5 cm³/mol. The first kappa shape index (κ1) is 18.6. The Kier molecular flexibility index (Phi) is 6.81. The smallest absolute Gasteiger partial charge is 0.320 e. The van der Waals surface area contributed by atoms with E-state index < -0.39 is 48.9 Å². The molecule has 1 aliphatic heterocycles. The van der Waals surface area contributed by atoms with Gasteiger partial charge in [-0.3, -0.25) is 10.1 Å². The van der Waals surface area contributed by atoms with E-state index in [-0.39, 0.29) is 6.42 Å². The molecule has 0 spiro atoms. The van der Waals surface area contributed by atoms with Crippen molar-refractivity contribution in [2.75, 3.05) is 18.6 Å². The van der Waals surface area contributed by atoms with Crippen molar-refractivity contribution in [3.8, 4) is 0 Å². The summed E-state index contributed by atoms with van der Waals surface area (Å²) in [6.45, 7) is -1.03. The Morgan fingerprint density at radius 2 is 2.00 bits per heavy atom. The maximum Gasteiger partial charge on any atom is 0.320 e. The highest BCUT2D eigenvalue weighted by Gasteiger charge is 2.53. The van der Waals surface area contributed by atoms with Crippen molar-refractivity contribution >= 4 is 17.7 Å². The molecule has 0 aromatic heterocycles. The van der Waals surface area contributed by atoms with E-state index in [0.717, 1.165) is 0 Å².